The predicted octanol–water partition coefficient (Wildman–Crippen LogP) is 4.38. The molecule has 1 N–H and O–H groups in total. The van der Waals surface area contributed by atoms with Crippen LogP contribution in [-0.2, 0) is 13.0 Å². The van der Waals surface area contributed by atoms with Gasteiger partial charge in [0, 0.05) is 28.9 Å². The fourth-order valence-corrected chi connectivity index (χ4v) is 3.57. The highest BCUT2D eigenvalue weighted by atomic mass is 35.5. The van der Waals surface area contributed by atoms with Crippen molar-refractivity contribution in [2.45, 2.75) is 32.2 Å². The molecule has 19 heavy (non-hydrogen) atoms. The second kappa shape index (κ2) is 4.76. The quantitative estimate of drug-likeness (QED) is 0.816. The summed E-state index contributed by atoms with van der Waals surface area (Å²) in [7, 11) is 0. The molecule has 100 valence electrons. The van der Waals surface area contributed by atoms with Gasteiger partial charge < -0.3 is 9.55 Å². The SMILES string of the molecule is Cc1[nH]c(=S)n2c1[C@@H](Cc1cc(F)cc(Cl)c1)CC2. The van der Waals surface area contributed by atoms with Crippen LogP contribution in [0, 0.1) is 17.5 Å². The van der Waals surface area contributed by atoms with Crippen LogP contribution in [0.5, 0.6) is 0 Å². The number of aromatic nitrogens is 2. The number of benzene rings is 1. The zero-order valence-corrected chi connectivity index (χ0v) is 12.1. The molecule has 2 heterocycles. The summed E-state index contributed by atoms with van der Waals surface area (Å²) in [6.45, 7) is 2.98. The van der Waals surface area contributed by atoms with E-state index in [1.54, 1.807) is 6.07 Å². The fourth-order valence-electron chi connectivity index (χ4n) is 2.99. The summed E-state index contributed by atoms with van der Waals surface area (Å²) in [5.41, 5.74) is 3.32. The van der Waals surface area contributed by atoms with E-state index in [-0.39, 0.29) is 5.82 Å². The number of hydrogen-bond acceptors (Lipinski definition) is 1. The Morgan fingerprint density at radius 3 is 3.00 bits per heavy atom. The van der Waals surface area contributed by atoms with E-state index in [4.69, 9.17) is 23.8 Å². The maximum Gasteiger partial charge on any atom is 0.177 e. The van der Waals surface area contributed by atoms with E-state index in [1.807, 2.05) is 13.0 Å². The lowest BCUT2D eigenvalue weighted by molar-refractivity contribution is 0.617. The number of nitrogens with one attached hydrogen (secondary N) is 1. The number of aryl methyl sites for hydroxylation is 1. The van der Waals surface area contributed by atoms with E-state index in [0.717, 1.165) is 35.4 Å². The van der Waals surface area contributed by atoms with Crippen molar-refractivity contribution < 1.29 is 4.39 Å². The molecule has 0 unspecified atom stereocenters. The van der Waals surface area contributed by atoms with Crippen molar-refractivity contribution in [2.75, 3.05) is 0 Å². The van der Waals surface area contributed by atoms with Gasteiger partial charge in [0.15, 0.2) is 4.77 Å². The Kier molecular flexibility index (Phi) is 3.23. The number of nitrogens with zero attached hydrogens (tertiary/aromatic N) is 1. The van der Waals surface area contributed by atoms with E-state index in [0.29, 0.717) is 10.9 Å². The molecule has 0 saturated carbocycles. The first-order valence-electron chi connectivity index (χ1n) is 6.29. The van der Waals surface area contributed by atoms with Gasteiger partial charge in [-0.25, -0.2) is 4.39 Å². The highest BCUT2D eigenvalue weighted by Gasteiger charge is 2.26. The highest BCUT2D eigenvalue weighted by molar-refractivity contribution is 7.71. The Morgan fingerprint density at radius 1 is 1.47 bits per heavy atom. The molecule has 0 radical (unpaired) electrons. The minimum atomic E-state index is -0.275. The van der Waals surface area contributed by atoms with Crippen LogP contribution in [0.2, 0.25) is 5.02 Å². The van der Waals surface area contributed by atoms with Gasteiger partial charge in [-0.05, 0) is 55.7 Å². The normalized spacial score (nSPS) is 17.7. The van der Waals surface area contributed by atoms with Gasteiger partial charge in [-0.15, -0.1) is 0 Å². The van der Waals surface area contributed by atoms with E-state index in [1.165, 1.54) is 11.8 Å². The van der Waals surface area contributed by atoms with Gasteiger partial charge in [0.25, 0.3) is 0 Å². The topological polar surface area (TPSA) is 20.7 Å². The standard InChI is InChI=1S/C14H14ClFN2S/c1-8-13-10(2-3-18(13)14(19)17-8)4-9-5-11(15)7-12(16)6-9/h5-7,10H,2-4H2,1H3,(H,17,19)/t10-/m1/s1. The van der Waals surface area contributed by atoms with Gasteiger partial charge in [-0.3, -0.25) is 0 Å². The van der Waals surface area contributed by atoms with Gasteiger partial charge in [0.05, 0.1) is 0 Å². The van der Waals surface area contributed by atoms with Gasteiger partial charge in [-0.2, -0.15) is 0 Å². The molecule has 0 spiro atoms. The van der Waals surface area contributed by atoms with Gasteiger partial charge in [0.1, 0.15) is 5.82 Å². The summed E-state index contributed by atoms with van der Waals surface area (Å²) in [5, 5.41) is 0.454. The smallest absolute Gasteiger partial charge is 0.177 e. The average molecular weight is 297 g/mol. The molecule has 5 heteroatoms. The molecule has 2 aromatic rings. The number of fused-ring (bicyclic) bond motifs is 1. The van der Waals surface area contributed by atoms with E-state index in [2.05, 4.69) is 9.55 Å². The molecule has 0 aliphatic carbocycles. The summed E-state index contributed by atoms with van der Waals surface area (Å²) in [5.74, 6) is 0.105. The lowest BCUT2D eigenvalue weighted by Gasteiger charge is -2.11. The second-order valence-electron chi connectivity index (χ2n) is 5.06. The zero-order valence-electron chi connectivity index (χ0n) is 10.5. The highest BCUT2D eigenvalue weighted by Crippen LogP contribution is 2.34. The molecular formula is C14H14ClFN2S. The molecular weight excluding hydrogens is 283 g/mol. The summed E-state index contributed by atoms with van der Waals surface area (Å²) >= 11 is 11.2. The Morgan fingerprint density at radius 2 is 2.26 bits per heavy atom. The number of halogens is 2. The number of imidazole rings is 1. The Bertz CT molecular complexity index is 669. The maximum absolute atomic E-state index is 13.4. The van der Waals surface area contributed by atoms with Crippen LogP contribution < -0.4 is 0 Å². The third kappa shape index (κ3) is 2.35. The monoisotopic (exact) mass is 296 g/mol. The molecule has 1 aromatic heterocycles. The van der Waals surface area contributed by atoms with Crippen LogP contribution in [0.4, 0.5) is 4.39 Å². The van der Waals surface area contributed by atoms with Gasteiger partial charge in [-0.1, -0.05) is 11.6 Å². The number of aromatic amines is 1. The van der Waals surface area contributed by atoms with Gasteiger partial charge >= 0.3 is 0 Å². The third-order valence-electron chi connectivity index (χ3n) is 3.71. The van der Waals surface area contributed by atoms with Crippen molar-refractivity contribution in [1.82, 2.24) is 9.55 Å². The van der Waals surface area contributed by atoms with Crippen LogP contribution in [-0.4, -0.2) is 9.55 Å². The van der Waals surface area contributed by atoms with Crippen LogP contribution in [0.1, 0.15) is 29.3 Å². The first-order chi connectivity index (χ1) is 9.04. The van der Waals surface area contributed by atoms with Crippen LogP contribution in [0.3, 0.4) is 0 Å². The van der Waals surface area contributed by atoms with Crippen molar-refractivity contribution in [2.24, 2.45) is 0 Å². The average Bonchev–Trinajstić information content (AvgIpc) is 2.82. The zero-order chi connectivity index (χ0) is 13.6. The molecule has 1 aliphatic heterocycles. The molecule has 1 atom stereocenters. The first kappa shape index (κ1) is 12.9. The summed E-state index contributed by atoms with van der Waals surface area (Å²) in [4.78, 5) is 3.19. The summed E-state index contributed by atoms with van der Waals surface area (Å²) in [6.07, 6.45) is 1.84. The Hall–Kier alpha value is -1.13. The minimum absolute atomic E-state index is 0.275. The predicted molar refractivity (Wildman–Crippen MR) is 76.8 cm³/mol. The van der Waals surface area contributed by atoms with Crippen molar-refractivity contribution in [3.05, 3.63) is 50.8 Å². The first-order valence-corrected chi connectivity index (χ1v) is 7.07. The molecule has 2 nitrogen and oxygen atoms in total. The van der Waals surface area contributed by atoms with Crippen molar-refractivity contribution in [1.29, 1.82) is 0 Å². The largest absolute Gasteiger partial charge is 0.335 e. The molecule has 3 rings (SSSR count). The van der Waals surface area contributed by atoms with Crippen molar-refractivity contribution >= 4 is 23.8 Å². The van der Waals surface area contributed by atoms with Crippen molar-refractivity contribution in [3.63, 3.8) is 0 Å². The molecule has 1 aliphatic rings. The number of rotatable bonds is 2. The number of hydrogen-bond donors (Lipinski definition) is 1. The lowest BCUT2D eigenvalue weighted by Crippen LogP contribution is -2.01. The Labute approximate surface area is 121 Å². The van der Waals surface area contributed by atoms with Gasteiger partial charge in [0.2, 0.25) is 0 Å². The van der Waals surface area contributed by atoms with Crippen molar-refractivity contribution in [3.8, 4) is 0 Å². The molecule has 0 bridgehead atoms. The molecule has 0 amide bonds. The summed E-state index contributed by atoms with van der Waals surface area (Å²) in [6, 6.07) is 4.73. The second-order valence-corrected chi connectivity index (χ2v) is 5.88. The number of H-pyrrole nitrogens is 1. The molecule has 0 fully saturated rings. The van der Waals surface area contributed by atoms with E-state index >= 15 is 0 Å². The van der Waals surface area contributed by atoms with Crippen LogP contribution in [0.15, 0.2) is 18.2 Å². The lowest BCUT2D eigenvalue weighted by atomic mass is 9.94. The maximum atomic E-state index is 13.4. The fraction of sp³-hybridized carbons (Fsp3) is 0.357. The molecule has 0 saturated heterocycles. The van der Waals surface area contributed by atoms with Crippen LogP contribution in [0.25, 0.3) is 0 Å². The molecule has 1 aromatic carbocycles. The van der Waals surface area contributed by atoms with E-state index in [9.17, 15) is 4.39 Å². The minimum Gasteiger partial charge on any atom is -0.335 e. The van der Waals surface area contributed by atoms with Crippen LogP contribution >= 0.6 is 23.8 Å². The summed E-state index contributed by atoms with van der Waals surface area (Å²) < 4.78 is 16.3. The third-order valence-corrected chi connectivity index (χ3v) is 4.25. The Balaban J connectivity index is 1.92. The van der Waals surface area contributed by atoms with E-state index < -0.39 is 0 Å².